The van der Waals surface area contributed by atoms with E-state index in [1.165, 1.54) is 12.1 Å². The molecule has 0 N–H and O–H groups in total. The molecule has 0 atom stereocenters. The lowest BCUT2D eigenvalue weighted by Crippen LogP contribution is -1.88. The van der Waals surface area contributed by atoms with Gasteiger partial charge in [-0.25, -0.2) is 4.39 Å². The minimum atomic E-state index is -0.339. The average Bonchev–Trinajstić information content (AvgIpc) is 2.29. The summed E-state index contributed by atoms with van der Waals surface area (Å²) in [5.41, 5.74) is 1.78. The molecule has 0 fully saturated rings. The zero-order valence-corrected chi connectivity index (χ0v) is 9.04. The Kier molecular flexibility index (Phi) is 3.02. The van der Waals surface area contributed by atoms with Crippen molar-refractivity contribution >= 4 is 17.9 Å². The Morgan fingerprint density at radius 2 is 1.94 bits per heavy atom. The number of aldehydes is 1. The maximum absolute atomic E-state index is 13.1. The van der Waals surface area contributed by atoms with E-state index >= 15 is 0 Å². The van der Waals surface area contributed by atoms with Gasteiger partial charge in [-0.3, -0.25) is 4.79 Å². The normalized spacial score (nSPS) is 10.1. The molecule has 2 aromatic rings. The number of hydrogen-bond donors (Lipinski definition) is 0. The molecule has 0 saturated heterocycles. The van der Waals surface area contributed by atoms with E-state index in [0.717, 1.165) is 6.29 Å². The zero-order valence-electron chi connectivity index (χ0n) is 8.28. The number of hydrogen-bond acceptors (Lipinski definition) is 1. The molecule has 2 rings (SSSR count). The quantitative estimate of drug-likeness (QED) is 0.719. The van der Waals surface area contributed by atoms with Crippen molar-refractivity contribution in [1.82, 2.24) is 0 Å². The van der Waals surface area contributed by atoms with Gasteiger partial charge >= 0.3 is 0 Å². The van der Waals surface area contributed by atoms with E-state index in [2.05, 4.69) is 0 Å². The molecule has 0 aliphatic rings. The standard InChI is InChI=1S/C13H8ClFO/c14-11-5-4-10(8-16)13(7-11)9-2-1-3-12(15)6-9/h1-8H. The monoisotopic (exact) mass is 234 g/mol. The van der Waals surface area contributed by atoms with Crippen LogP contribution in [-0.2, 0) is 0 Å². The van der Waals surface area contributed by atoms with Crippen LogP contribution in [0.15, 0.2) is 42.5 Å². The maximum Gasteiger partial charge on any atom is 0.150 e. The molecule has 0 heterocycles. The lowest BCUT2D eigenvalue weighted by Gasteiger charge is -2.05. The average molecular weight is 235 g/mol. The van der Waals surface area contributed by atoms with Gasteiger partial charge in [-0.1, -0.05) is 23.7 Å². The summed E-state index contributed by atoms with van der Waals surface area (Å²) in [5, 5.41) is 0.518. The van der Waals surface area contributed by atoms with E-state index in [4.69, 9.17) is 11.6 Å². The molecule has 0 saturated carbocycles. The Morgan fingerprint density at radius 3 is 2.62 bits per heavy atom. The van der Waals surface area contributed by atoms with Crippen molar-refractivity contribution in [3.8, 4) is 11.1 Å². The van der Waals surface area contributed by atoms with Crippen molar-refractivity contribution in [2.75, 3.05) is 0 Å². The van der Waals surface area contributed by atoms with Crippen LogP contribution in [0.2, 0.25) is 5.02 Å². The van der Waals surface area contributed by atoms with E-state index in [-0.39, 0.29) is 5.82 Å². The lowest BCUT2D eigenvalue weighted by molar-refractivity contribution is 0.112. The highest BCUT2D eigenvalue weighted by Crippen LogP contribution is 2.26. The van der Waals surface area contributed by atoms with Gasteiger partial charge in [-0.05, 0) is 41.5 Å². The molecule has 2 aromatic carbocycles. The zero-order chi connectivity index (χ0) is 11.5. The molecule has 0 aromatic heterocycles. The second-order valence-corrected chi connectivity index (χ2v) is 3.80. The third kappa shape index (κ3) is 2.12. The van der Waals surface area contributed by atoms with Gasteiger partial charge in [0.05, 0.1) is 0 Å². The molecule has 0 unspecified atom stereocenters. The SMILES string of the molecule is O=Cc1ccc(Cl)cc1-c1cccc(F)c1. The van der Waals surface area contributed by atoms with Crippen LogP contribution in [0, 0.1) is 5.82 Å². The fourth-order valence-corrected chi connectivity index (χ4v) is 1.71. The van der Waals surface area contributed by atoms with Gasteiger partial charge in [0.2, 0.25) is 0 Å². The fraction of sp³-hybridized carbons (Fsp3) is 0. The topological polar surface area (TPSA) is 17.1 Å². The maximum atomic E-state index is 13.1. The van der Waals surface area contributed by atoms with E-state index in [1.807, 2.05) is 0 Å². The van der Waals surface area contributed by atoms with Crippen LogP contribution in [0.3, 0.4) is 0 Å². The molecule has 0 aliphatic heterocycles. The van der Waals surface area contributed by atoms with Gasteiger partial charge in [0.1, 0.15) is 5.82 Å². The summed E-state index contributed by atoms with van der Waals surface area (Å²) in [6.07, 6.45) is 0.733. The molecule has 80 valence electrons. The van der Waals surface area contributed by atoms with Crippen molar-refractivity contribution in [2.45, 2.75) is 0 Å². The molecule has 0 bridgehead atoms. The Balaban J connectivity index is 2.62. The third-order valence-corrected chi connectivity index (χ3v) is 2.51. The first-order valence-corrected chi connectivity index (χ1v) is 5.09. The van der Waals surface area contributed by atoms with Crippen LogP contribution >= 0.6 is 11.6 Å². The van der Waals surface area contributed by atoms with Crippen LogP contribution in [0.4, 0.5) is 4.39 Å². The smallest absolute Gasteiger partial charge is 0.150 e. The van der Waals surface area contributed by atoms with Crippen LogP contribution in [0.25, 0.3) is 11.1 Å². The molecular formula is C13H8ClFO. The highest BCUT2D eigenvalue weighted by atomic mass is 35.5. The molecule has 0 aliphatic carbocycles. The van der Waals surface area contributed by atoms with Crippen LogP contribution < -0.4 is 0 Å². The number of benzene rings is 2. The number of halogens is 2. The lowest BCUT2D eigenvalue weighted by atomic mass is 10.0. The van der Waals surface area contributed by atoms with Gasteiger partial charge in [-0.15, -0.1) is 0 Å². The highest BCUT2D eigenvalue weighted by molar-refractivity contribution is 6.31. The first kappa shape index (κ1) is 10.8. The summed E-state index contributed by atoms with van der Waals surface area (Å²) in [4.78, 5) is 10.9. The second kappa shape index (κ2) is 4.45. The Labute approximate surface area is 97.5 Å². The first-order chi connectivity index (χ1) is 7.70. The minimum Gasteiger partial charge on any atom is -0.298 e. The number of carbonyl (C=O) groups excluding carboxylic acids is 1. The summed E-state index contributed by atoms with van der Waals surface area (Å²) in [6.45, 7) is 0. The van der Waals surface area contributed by atoms with E-state index in [1.54, 1.807) is 30.3 Å². The van der Waals surface area contributed by atoms with Crippen LogP contribution in [0.5, 0.6) is 0 Å². The summed E-state index contributed by atoms with van der Waals surface area (Å²) >= 11 is 5.85. The summed E-state index contributed by atoms with van der Waals surface area (Å²) in [5.74, 6) is -0.339. The van der Waals surface area contributed by atoms with Crippen LogP contribution in [-0.4, -0.2) is 6.29 Å². The predicted octanol–water partition coefficient (Wildman–Crippen LogP) is 3.96. The Morgan fingerprint density at radius 1 is 1.12 bits per heavy atom. The summed E-state index contributed by atoms with van der Waals surface area (Å²) in [7, 11) is 0. The van der Waals surface area contributed by atoms with Gasteiger partial charge in [-0.2, -0.15) is 0 Å². The highest BCUT2D eigenvalue weighted by Gasteiger charge is 2.06. The van der Waals surface area contributed by atoms with Gasteiger partial charge in [0, 0.05) is 10.6 Å². The molecular weight excluding hydrogens is 227 g/mol. The van der Waals surface area contributed by atoms with E-state index < -0.39 is 0 Å². The number of rotatable bonds is 2. The summed E-state index contributed by atoms with van der Waals surface area (Å²) in [6, 6.07) is 11.0. The van der Waals surface area contributed by atoms with Crippen molar-refractivity contribution in [3.63, 3.8) is 0 Å². The van der Waals surface area contributed by atoms with Crippen LogP contribution in [0.1, 0.15) is 10.4 Å². The molecule has 0 radical (unpaired) electrons. The number of carbonyl (C=O) groups is 1. The molecule has 1 nitrogen and oxygen atoms in total. The molecule has 0 spiro atoms. The van der Waals surface area contributed by atoms with Gasteiger partial charge < -0.3 is 0 Å². The van der Waals surface area contributed by atoms with Crippen molar-refractivity contribution < 1.29 is 9.18 Å². The third-order valence-electron chi connectivity index (χ3n) is 2.28. The molecule has 3 heteroatoms. The second-order valence-electron chi connectivity index (χ2n) is 3.36. The predicted molar refractivity (Wildman–Crippen MR) is 62.2 cm³/mol. The largest absolute Gasteiger partial charge is 0.298 e. The Bertz CT molecular complexity index is 537. The van der Waals surface area contributed by atoms with Gasteiger partial charge in [0.15, 0.2) is 6.29 Å². The van der Waals surface area contributed by atoms with Gasteiger partial charge in [0.25, 0.3) is 0 Å². The Hall–Kier alpha value is -1.67. The van der Waals surface area contributed by atoms with E-state index in [0.29, 0.717) is 21.7 Å². The summed E-state index contributed by atoms with van der Waals surface area (Å²) < 4.78 is 13.1. The fourth-order valence-electron chi connectivity index (χ4n) is 1.54. The van der Waals surface area contributed by atoms with Crippen molar-refractivity contribution in [2.24, 2.45) is 0 Å². The minimum absolute atomic E-state index is 0.339. The van der Waals surface area contributed by atoms with Crippen molar-refractivity contribution in [3.05, 3.63) is 58.9 Å². The van der Waals surface area contributed by atoms with Crippen molar-refractivity contribution in [1.29, 1.82) is 0 Å². The molecule has 0 amide bonds. The molecule has 16 heavy (non-hydrogen) atoms. The van der Waals surface area contributed by atoms with E-state index in [9.17, 15) is 9.18 Å². The first-order valence-electron chi connectivity index (χ1n) is 4.71.